The van der Waals surface area contributed by atoms with E-state index in [0.717, 1.165) is 24.1 Å². The maximum atomic E-state index is 11.1. The van der Waals surface area contributed by atoms with Crippen LogP contribution in [0.4, 0.5) is 5.82 Å². The van der Waals surface area contributed by atoms with Gasteiger partial charge < -0.3 is 10.0 Å². The fourth-order valence-electron chi connectivity index (χ4n) is 2.61. The number of nitrogens with zero attached hydrogens (tertiary/aromatic N) is 3. The molecule has 3 rings (SSSR count). The predicted molar refractivity (Wildman–Crippen MR) is 77.1 cm³/mol. The second kappa shape index (κ2) is 5.25. The smallest absolute Gasteiger partial charge is 0.335 e. The van der Waals surface area contributed by atoms with Crippen molar-refractivity contribution < 1.29 is 9.90 Å². The molecule has 1 aromatic carbocycles. The molecule has 5 nitrogen and oxygen atoms in total. The molecule has 1 aliphatic rings. The third-order valence-electron chi connectivity index (χ3n) is 3.67. The Morgan fingerprint density at radius 1 is 1.33 bits per heavy atom. The lowest BCUT2D eigenvalue weighted by Gasteiger charge is -2.30. The topological polar surface area (TPSA) is 77.2 Å². The first-order chi connectivity index (χ1) is 10.2. The van der Waals surface area contributed by atoms with Crippen molar-refractivity contribution in [2.45, 2.75) is 13.0 Å². The summed E-state index contributed by atoms with van der Waals surface area (Å²) in [7, 11) is 0. The summed E-state index contributed by atoms with van der Waals surface area (Å²) in [4.78, 5) is 17.4. The lowest BCUT2D eigenvalue weighted by Crippen LogP contribution is -2.31. The van der Waals surface area contributed by atoms with Gasteiger partial charge in [-0.1, -0.05) is 6.07 Å². The molecular weight excluding hydrogens is 266 g/mol. The van der Waals surface area contributed by atoms with Gasteiger partial charge >= 0.3 is 5.97 Å². The number of hydrogen-bond acceptors (Lipinski definition) is 4. The fraction of sp³-hybridized carbons (Fsp3) is 0.188. The third-order valence-corrected chi connectivity index (χ3v) is 3.67. The highest BCUT2D eigenvalue weighted by atomic mass is 16.4. The summed E-state index contributed by atoms with van der Waals surface area (Å²) >= 11 is 0. The molecule has 104 valence electrons. The van der Waals surface area contributed by atoms with Gasteiger partial charge in [-0.2, -0.15) is 5.26 Å². The molecule has 0 saturated carbocycles. The van der Waals surface area contributed by atoms with Gasteiger partial charge in [0.05, 0.1) is 11.1 Å². The molecule has 0 bridgehead atoms. The quantitative estimate of drug-likeness (QED) is 0.912. The molecule has 1 N–H and O–H groups in total. The maximum Gasteiger partial charge on any atom is 0.335 e. The summed E-state index contributed by atoms with van der Waals surface area (Å²) in [6.07, 6.45) is 2.48. The standard InChI is InChI=1S/C16H13N3O2/c17-9-13-2-1-6-18-15(13)19-7-5-11-3-4-12(16(20)21)8-14(11)10-19/h1-4,6,8H,5,7,10H2,(H,20,21). The van der Waals surface area contributed by atoms with Crippen LogP contribution in [-0.4, -0.2) is 22.6 Å². The first-order valence-electron chi connectivity index (χ1n) is 6.64. The Morgan fingerprint density at radius 3 is 2.95 bits per heavy atom. The average molecular weight is 279 g/mol. The molecule has 1 aliphatic heterocycles. The van der Waals surface area contributed by atoms with E-state index in [1.165, 1.54) is 0 Å². The minimum atomic E-state index is -0.925. The van der Waals surface area contributed by atoms with Gasteiger partial charge in [0.25, 0.3) is 0 Å². The summed E-state index contributed by atoms with van der Waals surface area (Å²) in [5, 5.41) is 18.2. The maximum absolute atomic E-state index is 11.1. The number of aromatic carboxylic acids is 1. The zero-order valence-electron chi connectivity index (χ0n) is 11.3. The monoisotopic (exact) mass is 279 g/mol. The molecule has 0 saturated heterocycles. The number of pyridine rings is 1. The minimum Gasteiger partial charge on any atom is -0.478 e. The van der Waals surface area contributed by atoms with E-state index < -0.39 is 5.97 Å². The SMILES string of the molecule is N#Cc1cccnc1N1CCc2ccc(C(=O)O)cc2C1. The largest absolute Gasteiger partial charge is 0.478 e. The van der Waals surface area contributed by atoms with E-state index >= 15 is 0 Å². The summed E-state index contributed by atoms with van der Waals surface area (Å²) in [6, 6.07) is 10.8. The number of anilines is 1. The summed E-state index contributed by atoms with van der Waals surface area (Å²) in [5.74, 6) is -0.267. The van der Waals surface area contributed by atoms with Gasteiger partial charge in [0.15, 0.2) is 0 Å². The van der Waals surface area contributed by atoms with Gasteiger partial charge in [0.2, 0.25) is 0 Å². The van der Waals surface area contributed by atoms with Crippen molar-refractivity contribution >= 4 is 11.8 Å². The predicted octanol–water partition coefficient (Wildman–Crippen LogP) is 2.21. The third kappa shape index (κ3) is 2.43. The molecule has 0 atom stereocenters. The normalized spacial score (nSPS) is 13.4. The van der Waals surface area contributed by atoms with Gasteiger partial charge in [-0.25, -0.2) is 9.78 Å². The molecule has 0 aliphatic carbocycles. The van der Waals surface area contributed by atoms with Crippen LogP contribution in [0.2, 0.25) is 0 Å². The number of carbonyl (C=O) groups is 1. The number of hydrogen-bond donors (Lipinski definition) is 1. The molecule has 5 heteroatoms. The number of aromatic nitrogens is 1. The van der Waals surface area contributed by atoms with Crippen molar-refractivity contribution in [3.63, 3.8) is 0 Å². The number of fused-ring (bicyclic) bond motifs is 1. The van der Waals surface area contributed by atoms with Crippen molar-refractivity contribution in [2.24, 2.45) is 0 Å². The van der Waals surface area contributed by atoms with E-state index in [1.54, 1.807) is 30.5 Å². The highest BCUT2D eigenvalue weighted by Crippen LogP contribution is 2.26. The van der Waals surface area contributed by atoms with E-state index in [9.17, 15) is 4.79 Å². The van der Waals surface area contributed by atoms with E-state index in [2.05, 4.69) is 11.1 Å². The molecule has 0 unspecified atom stereocenters. The van der Waals surface area contributed by atoms with Crippen molar-refractivity contribution in [1.29, 1.82) is 5.26 Å². The van der Waals surface area contributed by atoms with Crippen molar-refractivity contribution in [1.82, 2.24) is 4.98 Å². The molecular formula is C16H13N3O2. The van der Waals surface area contributed by atoms with Crippen LogP contribution in [-0.2, 0) is 13.0 Å². The number of carboxylic acid groups (broad SMARTS) is 1. The minimum absolute atomic E-state index is 0.289. The second-order valence-electron chi connectivity index (χ2n) is 4.95. The summed E-state index contributed by atoms with van der Waals surface area (Å²) in [6.45, 7) is 1.34. The zero-order chi connectivity index (χ0) is 14.8. The Balaban J connectivity index is 1.95. The average Bonchev–Trinajstić information content (AvgIpc) is 2.53. The van der Waals surface area contributed by atoms with E-state index in [-0.39, 0.29) is 5.56 Å². The Hall–Kier alpha value is -2.87. The molecule has 0 radical (unpaired) electrons. The highest BCUT2D eigenvalue weighted by molar-refractivity contribution is 5.88. The van der Waals surface area contributed by atoms with Gasteiger partial charge in [0, 0.05) is 19.3 Å². The molecule has 0 spiro atoms. The van der Waals surface area contributed by atoms with Crippen molar-refractivity contribution in [2.75, 3.05) is 11.4 Å². The summed E-state index contributed by atoms with van der Waals surface area (Å²) in [5.41, 5.74) is 2.97. The first-order valence-corrected chi connectivity index (χ1v) is 6.64. The van der Waals surface area contributed by atoms with Crippen LogP contribution in [0, 0.1) is 11.3 Å². The van der Waals surface area contributed by atoms with Crippen molar-refractivity contribution in [3.05, 3.63) is 58.8 Å². The van der Waals surface area contributed by atoms with Crippen LogP contribution in [0.25, 0.3) is 0 Å². The molecule has 0 amide bonds. The zero-order valence-corrected chi connectivity index (χ0v) is 11.3. The van der Waals surface area contributed by atoms with Gasteiger partial charge in [-0.3, -0.25) is 0 Å². The van der Waals surface area contributed by atoms with Crippen LogP contribution >= 0.6 is 0 Å². The lowest BCUT2D eigenvalue weighted by atomic mass is 9.97. The number of nitriles is 1. The van der Waals surface area contributed by atoms with Gasteiger partial charge in [0.1, 0.15) is 11.9 Å². The van der Waals surface area contributed by atoms with Crippen LogP contribution in [0.3, 0.4) is 0 Å². The number of rotatable bonds is 2. The van der Waals surface area contributed by atoms with Crippen LogP contribution in [0.15, 0.2) is 36.5 Å². The first kappa shape index (κ1) is 13.1. The number of benzene rings is 1. The Bertz CT molecular complexity index is 749. The number of carboxylic acids is 1. The van der Waals surface area contributed by atoms with Gasteiger partial charge in [-0.15, -0.1) is 0 Å². The molecule has 21 heavy (non-hydrogen) atoms. The van der Waals surface area contributed by atoms with Crippen molar-refractivity contribution in [3.8, 4) is 6.07 Å². The molecule has 2 aromatic rings. The molecule has 2 heterocycles. The molecule has 1 aromatic heterocycles. The van der Waals surface area contributed by atoms with Crippen LogP contribution in [0.1, 0.15) is 27.0 Å². The Kier molecular flexibility index (Phi) is 3.28. The van der Waals surface area contributed by atoms with Crippen LogP contribution < -0.4 is 4.90 Å². The van der Waals surface area contributed by atoms with E-state index in [1.807, 2.05) is 11.0 Å². The van der Waals surface area contributed by atoms with Gasteiger partial charge in [-0.05, 0) is 41.8 Å². The van der Waals surface area contributed by atoms with Crippen LogP contribution in [0.5, 0.6) is 0 Å². The Morgan fingerprint density at radius 2 is 2.19 bits per heavy atom. The summed E-state index contributed by atoms with van der Waals surface area (Å²) < 4.78 is 0. The fourth-order valence-corrected chi connectivity index (χ4v) is 2.61. The Labute approximate surface area is 122 Å². The van der Waals surface area contributed by atoms with E-state index in [0.29, 0.717) is 17.9 Å². The highest BCUT2D eigenvalue weighted by Gasteiger charge is 2.20. The molecule has 0 fully saturated rings. The lowest BCUT2D eigenvalue weighted by molar-refractivity contribution is 0.0696. The van der Waals surface area contributed by atoms with E-state index in [4.69, 9.17) is 10.4 Å². The second-order valence-corrected chi connectivity index (χ2v) is 4.95.